The first-order valence-electron chi connectivity index (χ1n) is 8.72. The van der Waals surface area contributed by atoms with Crippen molar-refractivity contribution in [2.24, 2.45) is 11.8 Å². The van der Waals surface area contributed by atoms with Gasteiger partial charge >= 0.3 is 0 Å². The van der Waals surface area contributed by atoms with E-state index in [-0.39, 0.29) is 0 Å². The second kappa shape index (κ2) is 6.33. The van der Waals surface area contributed by atoms with Crippen LogP contribution in [0.5, 0.6) is 0 Å². The number of likely N-dealkylation sites (tertiary alicyclic amines) is 1. The number of rotatable bonds is 3. The van der Waals surface area contributed by atoms with Crippen LogP contribution in [0.1, 0.15) is 0 Å². The van der Waals surface area contributed by atoms with Crippen LogP contribution in [0.15, 0.2) is 36.9 Å². The van der Waals surface area contributed by atoms with Gasteiger partial charge < -0.3 is 14.4 Å². The standard InChI is InChI=1S/C18H19ClN6S/c1-23-7-12-9-25(10-13(12)8-23)18-22-21-17(26-18)15-3-2-14(6-16(15)19)24-5-4-20-11-24/h2-6,11-13H,7-10H2,1H3/t12-,13?/m1/s1. The van der Waals surface area contributed by atoms with Gasteiger partial charge in [-0.2, -0.15) is 0 Å². The fourth-order valence-corrected chi connectivity index (χ4v) is 5.31. The van der Waals surface area contributed by atoms with Crippen molar-refractivity contribution >= 4 is 28.1 Å². The normalized spacial score (nSPS) is 22.9. The molecule has 8 heteroatoms. The smallest absolute Gasteiger partial charge is 0.208 e. The minimum Gasteiger partial charge on any atom is -0.346 e. The molecule has 0 aliphatic carbocycles. The fourth-order valence-electron chi connectivity index (χ4n) is 4.09. The third-order valence-corrected chi connectivity index (χ3v) is 6.67. The average Bonchev–Trinajstić information content (AvgIpc) is 3.38. The van der Waals surface area contributed by atoms with Crippen molar-refractivity contribution in [1.29, 1.82) is 0 Å². The van der Waals surface area contributed by atoms with Crippen molar-refractivity contribution in [2.75, 3.05) is 38.1 Å². The van der Waals surface area contributed by atoms with Crippen LogP contribution in [0.2, 0.25) is 5.02 Å². The number of halogens is 1. The zero-order valence-corrected chi connectivity index (χ0v) is 16.0. The van der Waals surface area contributed by atoms with E-state index < -0.39 is 0 Å². The predicted molar refractivity (Wildman–Crippen MR) is 104 cm³/mol. The van der Waals surface area contributed by atoms with Crippen molar-refractivity contribution < 1.29 is 0 Å². The molecule has 1 unspecified atom stereocenters. The van der Waals surface area contributed by atoms with Crippen LogP contribution in [0.4, 0.5) is 5.13 Å². The highest BCUT2D eigenvalue weighted by Crippen LogP contribution is 2.38. The second-order valence-corrected chi connectivity index (χ2v) is 8.53. The van der Waals surface area contributed by atoms with Gasteiger partial charge in [0.05, 0.1) is 11.3 Å². The number of nitrogens with zero attached hydrogens (tertiary/aromatic N) is 6. The minimum absolute atomic E-state index is 0.679. The van der Waals surface area contributed by atoms with Gasteiger partial charge in [-0.05, 0) is 37.1 Å². The summed E-state index contributed by atoms with van der Waals surface area (Å²) in [4.78, 5) is 8.89. The molecule has 5 rings (SSSR count). The Bertz CT molecular complexity index is 910. The van der Waals surface area contributed by atoms with Gasteiger partial charge in [0.15, 0.2) is 5.01 Å². The topological polar surface area (TPSA) is 50.1 Å². The van der Waals surface area contributed by atoms with Crippen LogP contribution in [-0.4, -0.2) is 57.9 Å². The summed E-state index contributed by atoms with van der Waals surface area (Å²) in [6, 6.07) is 5.98. The van der Waals surface area contributed by atoms with Gasteiger partial charge in [-0.25, -0.2) is 4.98 Å². The first kappa shape index (κ1) is 16.2. The highest BCUT2D eigenvalue weighted by molar-refractivity contribution is 7.18. The van der Waals surface area contributed by atoms with Crippen molar-refractivity contribution in [2.45, 2.75) is 0 Å². The Morgan fingerprint density at radius 1 is 1.12 bits per heavy atom. The molecule has 2 fully saturated rings. The molecule has 2 aliphatic heterocycles. The van der Waals surface area contributed by atoms with Crippen molar-refractivity contribution in [3.8, 4) is 16.3 Å². The maximum absolute atomic E-state index is 6.53. The van der Waals surface area contributed by atoms with Crippen molar-refractivity contribution in [3.63, 3.8) is 0 Å². The van der Waals surface area contributed by atoms with E-state index in [4.69, 9.17) is 11.6 Å². The van der Waals surface area contributed by atoms with Gasteiger partial charge in [-0.15, -0.1) is 10.2 Å². The van der Waals surface area contributed by atoms with Crippen LogP contribution in [0, 0.1) is 11.8 Å². The van der Waals surface area contributed by atoms with Crippen LogP contribution in [-0.2, 0) is 0 Å². The molecule has 6 nitrogen and oxygen atoms in total. The summed E-state index contributed by atoms with van der Waals surface area (Å²) in [6.07, 6.45) is 5.41. The molecule has 2 aromatic heterocycles. The lowest BCUT2D eigenvalue weighted by molar-refractivity contribution is 0.387. The van der Waals surface area contributed by atoms with Crippen LogP contribution in [0.3, 0.4) is 0 Å². The maximum Gasteiger partial charge on any atom is 0.208 e. The fraction of sp³-hybridized carbons (Fsp3) is 0.389. The number of hydrogen-bond donors (Lipinski definition) is 0. The summed E-state index contributed by atoms with van der Waals surface area (Å²) in [5.74, 6) is 1.51. The van der Waals surface area contributed by atoms with Gasteiger partial charge in [-0.1, -0.05) is 22.9 Å². The highest BCUT2D eigenvalue weighted by atomic mass is 35.5. The van der Waals surface area contributed by atoms with E-state index in [1.54, 1.807) is 23.9 Å². The average molecular weight is 387 g/mol. The van der Waals surface area contributed by atoms with Crippen molar-refractivity contribution in [3.05, 3.63) is 41.9 Å². The molecule has 0 N–H and O–H groups in total. The molecule has 0 amide bonds. The number of anilines is 1. The third kappa shape index (κ3) is 2.80. The molecule has 26 heavy (non-hydrogen) atoms. The zero-order valence-electron chi connectivity index (χ0n) is 14.4. The van der Waals surface area contributed by atoms with Gasteiger partial charge in [0.1, 0.15) is 0 Å². The second-order valence-electron chi connectivity index (χ2n) is 7.17. The summed E-state index contributed by atoms with van der Waals surface area (Å²) >= 11 is 8.16. The molecular formula is C18H19ClN6S. The van der Waals surface area contributed by atoms with Crippen LogP contribution < -0.4 is 4.90 Å². The number of hydrogen-bond acceptors (Lipinski definition) is 6. The van der Waals surface area contributed by atoms with E-state index in [1.165, 1.54) is 13.1 Å². The number of imidazole rings is 1. The van der Waals surface area contributed by atoms with E-state index in [9.17, 15) is 0 Å². The summed E-state index contributed by atoms with van der Waals surface area (Å²) in [5, 5.41) is 11.4. The number of aromatic nitrogens is 4. The van der Waals surface area contributed by atoms with E-state index in [1.807, 2.05) is 29.0 Å². The van der Waals surface area contributed by atoms with Gasteiger partial charge in [0.25, 0.3) is 0 Å². The molecule has 3 aromatic rings. The summed E-state index contributed by atoms with van der Waals surface area (Å²) in [7, 11) is 2.21. The lowest BCUT2D eigenvalue weighted by Gasteiger charge is -2.17. The monoisotopic (exact) mass is 386 g/mol. The number of benzene rings is 1. The SMILES string of the molecule is CN1CC2CN(c3nnc(-c4ccc(-n5ccnc5)cc4Cl)s3)C[C@H]2C1. The molecule has 2 saturated heterocycles. The molecule has 0 spiro atoms. The predicted octanol–water partition coefficient (Wildman–Crippen LogP) is 3.04. The molecule has 0 radical (unpaired) electrons. The highest BCUT2D eigenvalue weighted by Gasteiger charge is 2.39. The Morgan fingerprint density at radius 2 is 1.92 bits per heavy atom. The zero-order chi connectivity index (χ0) is 17.7. The van der Waals surface area contributed by atoms with E-state index in [2.05, 4.69) is 32.0 Å². The van der Waals surface area contributed by atoms with E-state index in [0.717, 1.165) is 46.3 Å². The maximum atomic E-state index is 6.53. The van der Waals surface area contributed by atoms with E-state index in [0.29, 0.717) is 5.02 Å². The molecule has 4 heterocycles. The first-order valence-corrected chi connectivity index (χ1v) is 9.92. The molecule has 2 atom stereocenters. The molecule has 0 saturated carbocycles. The number of fused-ring (bicyclic) bond motifs is 1. The Labute approximate surface area is 161 Å². The lowest BCUT2D eigenvalue weighted by Crippen LogP contribution is -2.26. The van der Waals surface area contributed by atoms with Crippen molar-refractivity contribution in [1.82, 2.24) is 24.6 Å². The summed E-state index contributed by atoms with van der Waals surface area (Å²) < 4.78 is 1.93. The Kier molecular flexibility index (Phi) is 3.95. The Balaban J connectivity index is 1.37. The first-order chi connectivity index (χ1) is 12.7. The molecule has 134 valence electrons. The molecule has 1 aromatic carbocycles. The van der Waals surface area contributed by atoms with Gasteiger partial charge in [0, 0.05) is 49.8 Å². The Morgan fingerprint density at radius 3 is 2.62 bits per heavy atom. The van der Waals surface area contributed by atoms with E-state index >= 15 is 0 Å². The summed E-state index contributed by atoms with van der Waals surface area (Å²) in [5.41, 5.74) is 1.91. The summed E-state index contributed by atoms with van der Waals surface area (Å²) in [6.45, 7) is 4.54. The third-order valence-electron chi connectivity index (χ3n) is 5.34. The van der Waals surface area contributed by atoms with Gasteiger partial charge in [0.2, 0.25) is 5.13 Å². The molecule has 2 aliphatic rings. The largest absolute Gasteiger partial charge is 0.346 e. The minimum atomic E-state index is 0.679. The quantitative estimate of drug-likeness (QED) is 0.692. The Hall–Kier alpha value is -1.96. The van der Waals surface area contributed by atoms with Crippen LogP contribution in [0.25, 0.3) is 16.3 Å². The van der Waals surface area contributed by atoms with Gasteiger partial charge in [-0.3, -0.25) is 0 Å². The lowest BCUT2D eigenvalue weighted by atomic mass is 10.0. The van der Waals surface area contributed by atoms with Crippen LogP contribution >= 0.6 is 22.9 Å². The molecular weight excluding hydrogens is 368 g/mol. The molecule has 0 bridgehead atoms.